The first-order valence-electron chi connectivity index (χ1n) is 6.72. The molecule has 4 heteroatoms. The van der Waals surface area contributed by atoms with E-state index >= 15 is 0 Å². The molecule has 0 radical (unpaired) electrons. The Morgan fingerprint density at radius 3 is 2.78 bits per heavy atom. The van der Waals surface area contributed by atoms with E-state index in [2.05, 4.69) is 19.2 Å². The van der Waals surface area contributed by atoms with Crippen LogP contribution in [-0.4, -0.2) is 29.4 Å². The molecule has 4 nitrogen and oxygen atoms in total. The fraction of sp³-hybridized carbons (Fsp3) is 0.643. The minimum atomic E-state index is 0.196. The highest BCUT2D eigenvalue weighted by Gasteiger charge is 2.28. The van der Waals surface area contributed by atoms with Crippen molar-refractivity contribution in [2.75, 3.05) is 6.54 Å². The first kappa shape index (κ1) is 13.1. The average Bonchev–Trinajstić information content (AvgIpc) is 2.82. The summed E-state index contributed by atoms with van der Waals surface area (Å²) in [5, 5.41) is 3.14. The van der Waals surface area contributed by atoms with Gasteiger partial charge in [-0.15, -0.1) is 0 Å². The Kier molecular flexibility index (Phi) is 4.42. The molecule has 18 heavy (non-hydrogen) atoms. The Labute approximate surface area is 108 Å². The van der Waals surface area contributed by atoms with E-state index in [-0.39, 0.29) is 5.91 Å². The molecule has 1 aromatic heterocycles. The van der Waals surface area contributed by atoms with Crippen molar-refractivity contribution < 1.29 is 9.21 Å². The molecule has 1 aliphatic rings. The molecule has 0 unspecified atom stereocenters. The molecular weight excluding hydrogens is 228 g/mol. The SMILES string of the molecule is C[C@H]1CCC[C@H](C)N1C(=O)CNCc1ccco1. The molecule has 0 saturated carbocycles. The lowest BCUT2D eigenvalue weighted by Gasteiger charge is -2.39. The van der Waals surface area contributed by atoms with Crippen molar-refractivity contribution in [3.8, 4) is 0 Å². The maximum absolute atomic E-state index is 12.2. The number of nitrogens with one attached hydrogen (secondary N) is 1. The highest BCUT2D eigenvalue weighted by atomic mass is 16.3. The summed E-state index contributed by atoms with van der Waals surface area (Å²) in [6.07, 6.45) is 5.11. The number of piperidine rings is 1. The molecule has 1 fully saturated rings. The molecule has 1 saturated heterocycles. The summed E-state index contributed by atoms with van der Waals surface area (Å²) in [6, 6.07) is 4.50. The van der Waals surface area contributed by atoms with E-state index in [4.69, 9.17) is 4.42 Å². The van der Waals surface area contributed by atoms with Gasteiger partial charge in [-0.3, -0.25) is 4.79 Å². The summed E-state index contributed by atoms with van der Waals surface area (Å²) >= 11 is 0. The van der Waals surface area contributed by atoms with E-state index in [1.807, 2.05) is 17.0 Å². The second kappa shape index (κ2) is 6.05. The van der Waals surface area contributed by atoms with Crippen LogP contribution in [0.2, 0.25) is 0 Å². The Bertz CT molecular complexity index is 365. The van der Waals surface area contributed by atoms with Gasteiger partial charge in [0, 0.05) is 12.1 Å². The highest BCUT2D eigenvalue weighted by Crippen LogP contribution is 2.22. The van der Waals surface area contributed by atoms with Gasteiger partial charge in [0.05, 0.1) is 19.4 Å². The van der Waals surface area contributed by atoms with Gasteiger partial charge in [-0.05, 0) is 45.2 Å². The second-order valence-electron chi connectivity index (χ2n) is 5.11. The van der Waals surface area contributed by atoms with E-state index < -0.39 is 0 Å². The van der Waals surface area contributed by atoms with Crippen molar-refractivity contribution in [2.24, 2.45) is 0 Å². The Morgan fingerprint density at radius 2 is 2.17 bits per heavy atom. The first-order valence-corrected chi connectivity index (χ1v) is 6.72. The molecule has 2 rings (SSSR count). The summed E-state index contributed by atoms with van der Waals surface area (Å²) in [7, 11) is 0. The molecule has 2 atom stereocenters. The van der Waals surface area contributed by atoms with Crippen LogP contribution in [-0.2, 0) is 11.3 Å². The maximum atomic E-state index is 12.2. The molecule has 0 bridgehead atoms. The fourth-order valence-corrected chi connectivity index (χ4v) is 2.71. The van der Waals surface area contributed by atoms with E-state index in [1.54, 1.807) is 6.26 Å². The zero-order valence-corrected chi connectivity index (χ0v) is 11.2. The molecular formula is C14H22N2O2. The monoisotopic (exact) mass is 250 g/mol. The molecule has 100 valence electrons. The van der Waals surface area contributed by atoms with Crippen LogP contribution in [0.15, 0.2) is 22.8 Å². The van der Waals surface area contributed by atoms with E-state index in [0.29, 0.717) is 25.2 Å². The topological polar surface area (TPSA) is 45.5 Å². The van der Waals surface area contributed by atoms with Crippen molar-refractivity contribution in [2.45, 2.75) is 51.7 Å². The summed E-state index contributed by atoms with van der Waals surface area (Å²) in [5.41, 5.74) is 0. The third kappa shape index (κ3) is 3.13. The molecule has 2 heterocycles. The van der Waals surface area contributed by atoms with Crippen molar-refractivity contribution in [1.29, 1.82) is 0 Å². The minimum Gasteiger partial charge on any atom is -0.468 e. The third-order valence-corrected chi connectivity index (χ3v) is 3.64. The summed E-state index contributed by atoms with van der Waals surface area (Å²) in [5.74, 6) is 1.06. The lowest BCUT2D eigenvalue weighted by molar-refractivity contribution is -0.136. The van der Waals surface area contributed by atoms with Gasteiger partial charge in [-0.25, -0.2) is 0 Å². The number of carbonyl (C=O) groups excluding carboxylic acids is 1. The van der Waals surface area contributed by atoms with Crippen LogP contribution in [0, 0.1) is 0 Å². The van der Waals surface area contributed by atoms with E-state index in [9.17, 15) is 4.79 Å². The highest BCUT2D eigenvalue weighted by molar-refractivity contribution is 5.79. The average molecular weight is 250 g/mol. The van der Waals surface area contributed by atoms with Crippen molar-refractivity contribution in [3.63, 3.8) is 0 Å². The van der Waals surface area contributed by atoms with Gasteiger partial charge in [0.25, 0.3) is 0 Å². The predicted octanol–water partition coefficient (Wildman–Crippen LogP) is 2.16. The Balaban J connectivity index is 1.79. The number of hydrogen-bond donors (Lipinski definition) is 1. The lowest BCUT2D eigenvalue weighted by Crippen LogP contribution is -2.50. The number of carbonyl (C=O) groups is 1. The van der Waals surface area contributed by atoms with Crippen molar-refractivity contribution in [3.05, 3.63) is 24.2 Å². The zero-order valence-electron chi connectivity index (χ0n) is 11.2. The summed E-state index contributed by atoms with van der Waals surface area (Å²) in [4.78, 5) is 14.2. The lowest BCUT2D eigenvalue weighted by atomic mass is 9.97. The van der Waals surface area contributed by atoms with E-state index in [1.165, 1.54) is 6.42 Å². The predicted molar refractivity (Wildman–Crippen MR) is 70.0 cm³/mol. The van der Waals surface area contributed by atoms with Gasteiger partial charge >= 0.3 is 0 Å². The Morgan fingerprint density at radius 1 is 1.44 bits per heavy atom. The van der Waals surface area contributed by atoms with Gasteiger partial charge in [-0.2, -0.15) is 0 Å². The van der Waals surface area contributed by atoms with E-state index in [0.717, 1.165) is 18.6 Å². The van der Waals surface area contributed by atoms with Crippen LogP contribution in [0.5, 0.6) is 0 Å². The number of furan rings is 1. The Hall–Kier alpha value is -1.29. The molecule has 0 aliphatic carbocycles. The molecule has 1 aromatic rings. The fourth-order valence-electron chi connectivity index (χ4n) is 2.71. The van der Waals surface area contributed by atoms with Gasteiger partial charge in [0.15, 0.2) is 0 Å². The first-order chi connectivity index (χ1) is 8.68. The number of rotatable bonds is 4. The molecule has 0 spiro atoms. The number of likely N-dealkylation sites (tertiary alicyclic amines) is 1. The number of amides is 1. The second-order valence-corrected chi connectivity index (χ2v) is 5.11. The molecule has 1 amide bonds. The molecule has 0 aromatic carbocycles. The largest absolute Gasteiger partial charge is 0.468 e. The third-order valence-electron chi connectivity index (χ3n) is 3.64. The van der Waals surface area contributed by atoms with Gasteiger partial charge < -0.3 is 14.6 Å². The normalized spacial score (nSPS) is 24.2. The maximum Gasteiger partial charge on any atom is 0.237 e. The summed E-state index contributed by atoms with van der Waals surface area (Å²) in [6.45, 7) is 5.27. The van der Waals surface area contributed by atoms with Crippen molar-refractivity contribution in [1.82, 2.24) is 10.2 Å². The van der Waals surface area contributed by atoms with Crippen molar-refractivity contribution >= 4 is 5.91 Å². The number of hydrogen-bond acceptors (Lipinski definition) is 3. The van der Waals surface area contributed by atoms with Crippen LogP contribution in [0.3, 0.4) is 0 Å². The van der Waals surface area contributed by atoms with Crippen LogP contribution in [0.1, 0.15) is 38.9 Å². The number of nitrogens with zero attached hydrogens (tertiary/aromatic N) is 1. The quantitative estimate of drug-likeness (QED) is 0.890. The zero-order chi connectivity index (χ0) is 13.0. The van der Waals surface area contributed by atoms with Gasteiger partial charge in [0.2, 0.25) is 5.91 Å². The van der Waals surface area contributed by atoms with Gasteiger partial charge in [0.1, 0.15) is 5.76 Å². The molecule has 1 N–H and O–H groups in total. The van der Waals surface area contributed by atoms with Gasteiger partial charge in [-0.1, -0.05) is 0 Å². The molecule has 1 aliphatic heterocycles. The van der Waals surface area contributed by atoms with Crippen LogP contribution >= 0.6 is 0 Å². The van der Waals surface area contributed by atoms with Crippen LogP contribution in [0.4, 0.5) is 0 Å². The van der Waals surface area contributed by atoms with Crippen LogP contribution < -0.4 is 5.32 Å². The summed E-state index contributed by atoms with van der Waals surface area (Å²) < 4.78 is 5.22. The smallest absolute Gasteiger partial charge is 0.237 e. The van der Waals surface area contributed by atoms with Crippen LogP contribution in [0.25, 0.3) is 0 Å². The standard InChI is InChI=1S/C14H22N2O2/c1-11-5-3-6-12(2)16(11)14(17)10-15-9-13-7-4-8-18-13/h4,7-8,11-12,15H,3,5-6,9-10H2,1-2H3/t11-,12-/m0/s1. The minimum absolute atomic E-state index is 0.196.